The number of hydrogen-bond donors (Lipinski definition) is 1. The zero-order chi connectivity index (χ0) is 31.4. The molecule has 1 unspecified atom stereocenters. The van der Waals surface area contributed by atoms with E-state index in [-0.39, 0.29) is 11.3 Å². The molecule has 1 atom stereocenters. The van der Waals surface area contributed by atoms with E-state index in [0.717, 1.165) is 49.3 Å². The third kappa shape index (κ3) is 4.62. The molecule has 5 heteroatoms. The van der Waals surface area contributed by atoms with Crippen molar-refractivity contribution in [2.24, 2.45) is 5.41 Å². The van der Waals surface area contributed by atoms with Crippen LogP contribution in [0.3, 0.4) is 0 Å². The van der Waals surface area contributed by atoms with Crippen molar-refractivity contribution in [1.82, 2.24) is 14.5 Å². The first-order valence-electron chi connectivity index (χ1n) is 15.4. The van der Waals surface area contributed by atoms with Crippen molar-refractivity contribution in [2.75, 3.05) is 0 Å². The number of fused-ring (bicyclic) bond motifs is 4. The highest BCUT2D eigenvalue weighted by molar-refractivity contribution is 7.80. The first-order valence-corrected chi connectivity index (χ1v) is 15.9. The van der Waals surface area contributed by atoms with E-state index in [1.807, 2.05) is 48.5 Å². The number of aromatic nitrogens is 3. The van der Waals surface area contributed by atoms with Gasteiger partial charge in [0.15, 0.2) is 5.82 Å². The van der Waals surface area contributed by atoms with Gasteiger partial charge in [0, 0.05) is 43.8 Å². The number of thiol groups is 1. The molecule has 0 saturated carbocycles. The molecule has 0 N–H and O–H groups in total. The molecule has 0 aliphatic heterocycles. The zero-order valence-electron chi connectivity index (χ0n) is 25.5. The van der Waals surface area contributed by atoms with Crippen LogP contribution in [0.25, 0.3) is 61.0 Å². The molecule has 0 radical (unpaired) electrons. The molecule has 2 heterocycles. The fraction of sp³-hybridized carbons (Fsp3) is 0.0976. The van der Waals surface area contributed by atoms with Gasteiger partial charge in [-0.15, -0.1) is 12.6 Å². The molecule has 2 aromatic heterocycles. The summed E-state index contributed by atoms with van der Waals surface area (Å²) in [5.74, 6) is 0.860. The topological polar surface area (TPSA) is 54.5 Å². The second-order valence-electron chi connectivity index (χ2n) is 12.5. The monoisotopic (exact) mass is 610 g/mol. The van der Waals surface area contributed by atoms with Crippen molar-refractivity contribution in [2.45, 2.75) is 24.7 Å². The molecule has 7 aromatic rings. The minimum Gasteiger partial charge on any atom is -0.309 e. The highest BCUT2D eigenvalue weighted by Crippen LogP contribution is 2.45. The fourth-order valence-corrected chi connectivity index (χ4v) is 7.13. The lowest BCUT2D eigenvalue weighted by Gasteiger charge is -2.32. The SMILES string of the molecule is CC1(C)C=CC=CC1c1cc2c(cc1S)c1ccccc1n2-c1cccc(-c2nc(-c3ccc(C#N)cc3)c3ccccc3n2)c1. The van der Waals surface area contributed by atoms with Gasteiger partial charge in [-0.25, -0.2) is 9.97 Å². The second kappa shape index (κ2) is 10.9. The van der Waals surface area contributed by atoms with Gasteiger partial charge >= 0.3 is 0 Å². The Bertz CT molecular complexity index is 2420. The minimum absolute atomic E-state index is 0.0310. The Hall–Kier alpha value is -5.44. The third-order valence-electron chi connectivity index (χ3n) is 9.15. The van der Waals surface area contributed by atoms with E-state index in [9.17, 15) is 5.26 Å². The molecule has 1 aliphatic carbocycles. The van der Waals surface area contributed by atoms with Crippen LogP contribution in [0.1, 0.15) is 30.9 Å². The fourth-order valence-electron chi connectivity index (χ4n) is 6.79. The summed E-state index contributed by atoms with van der Waals surface area (Å²) in [5, 5.41) is 12.7. The number of nitriles is 1. The maximum absolute atomic E-state index is 9.33. The van der Waals surface area contributed by atoms with Crippen molar-refractivity contribution in [3.05, 3.63) is 145 Å². The smallest absolute Gasteiger partial charge is 0.160 e. The molecule has 8 rings (SSSR count). The molecule has 5 aromatic carbocycles. The first-order chi connectivity index (χ1) is 22.4. The average molecular weight is 611 g/mol. The summed E-state index contributed by atoms with van der Waals surface area (Å²) < 4.78 is 2.35. The Morgan fingerprint density at radius 2 is 1.52 bits per heavy atom. The van der Waals surface area contributed by atoms with Crippen LogP contribution in [0, 0.1) is 16.7 Å². The van der Waals surface area contributed by atoms with Gasteiger partial charge in [0.1, 0.15) is 0 Å². The highest BCUT2D eigenvalue weighted by atomic mass is 32.1. The van der Waals surface area contributed by atoms with Gasteiger partial charge in [0.2, 0.25) is 0 Å². The van der Waals surface area contributed by atoms with Crippen molar-refractivity contribution in [1.29, 1.82) is 5.26 Å². The number of allylic oxidation sites excluding steroid dienone is 4. The normalized spacial score (nSPS) is 15.5. The van der Waals surface area contributed by atoms with Gasteiger partial charge in [-0.1, -0.05) is 98.8 Å². The van der Waals surface area contributed by atoms with Gasteiger partial charge in [0.05, 0.1) is 33.9 Å². The Morgan fingerprint density at radius 1 is 0.739 bits per heavy atom. The van der Waals surface area contributed by atoms with E-state index in [1.165, 1.54) is 16.3 Å². The lowest BCUT2D eigenvalue weighted by molar-refractivity contribution is 0.418. The van der Waals surface area contributed by atoms with Gasteiger partial charge in [-0.05, 0) is 59.5 Å². The molecule has 1 aliphatic rings. The molecule has 0 bridgehead atoms. The van der Waals surface area contributed by atoms with Crippen LogP contribution in [-0.2, 0) is 0 Å². The Morgan fingerprint density at radius 3 is 2.33 bits per heavy atom. The maximum atomic E-state index is 9.33. The molecule has 0 spiro atoms. The summed E-state index contributed by atoms with van der Waals surface area (Å²) in [6.45, 7) is 4.56. The molecule has 0 saturated heterocycles. The molecule has 0 amide bonds. The van der Waals surface area contributed by atoms with Crippen molar-refractivity contribution >= 4 is 45.3 Å². The first kappa shape index (κ1) is 28.1. The number of hydrogen-bond acceptors (Lipinski definition) is 4. The quantitative estimate of drug-likeness (QED) is 0.202. The number of para-hydroxylation sites is 2. The molecule has 46 heavy (non-hydrogen) atoms. The van der Waals surface area contributed by atoms with Crippen LogP contribution in [0.4, 0.5) is 0 Å². The lowest BCUT2D eigenvalue weighted by atomic mass is 9.72. The van der Waals surface area contributed by atoms with Crippen molar-refractivity contribution in [3.8, 4) is 34.4 Å². The largest absolute Gasteiger partial charge is 0.309 e. The van der Waals surface area contributed by atoms with E-state index in [4.69, 9.17) is 22.6 Å². The van der Waals surface area contributed by atoms with Gasteiger partial charge in [-0.3, -0.25) is 0 Å². The van der Waals surface area contributed by atoms with Crippen LogP contribution < -0.4 is 0 Å². The van der Waals surface area contributed by atoms with Gasteiger partial charge in [0.25, 0.3) is 0 Å². The summed E-state index contributed by atoms with van der Waals surface area (Å²) in [5.41, 5.74) is 8.71. The molecule has 220 valence electrons. The summed E-state index contributed by atoms with van der Waals surface area (Å²) in [6, 6.07) is 39.5. The zero-order valence-corrected chi connectivity index (χ0v) is 26.4. The number of rotatable bonds is 4. The molecule has 4 nitrogen and oxygen atoms in total. The van der Waals surface area contributed by atoms with Gasteiger partial charge < -0.3 is 4.57 Å². The van der Waals surface area contributed by atoms with Gasteiger partial charge in [-0.2, -0.15) is 5.26 Å². The van der Waals surface area contributed by atoms with E-state index in [0.29, 0.717) is 11.4 Å². The van der Waals surface area contributed by atoms with Crippen molar-refractivity contribution < 1.29 is 0 Å². The minimum atomic E-state index is -0.0310. The second-order valence-corrected chi connectivity index (χ2v) is 13.0. The Labute approximate surface area is 273 Å². The molecular formula is C41H30N4S. The van der Waals surface area contributed by atoms with Crippen LogP contribution in [0.15, 0.2) is 138 Å². The highest BCUT2D eigenvalue weighted by Gasteiger charge is 2.30. The van der Waals surface area contributed by atoms with Crippen molar-refractivity contribution in [3.63, 3.8) is 0 Å². The summed E-state index contributed by atoms with van der Waals surface area (Å²) in [6.07, 6.45) is 8.85. The number of benzene rings is 5. The molecular weight excluding hydrogens is 581 g/mol. The van der Waals surface area contributed by atoms with Crippen LogP contribution >= 0.6 is 12.6 Å². The van der Waals surface area contributed by atoms with Crippen LogP contribution in [0.5, 0.6) is 0 Å². The summed E-state index contributed by atoms with van der Waals surface area (Å²) in [7, 11) is 0. The maximum Gasteiger partial charge on any atom is 0.160 e. The number of nitrogens with zero attached hydrogens (tertiary/aromatic N) is 4. The summed E-state index contributed by atoms with van der Waals surface area (Å²) >= 11 is 5.03. The standard InChI is InChI=1S/C41H30N4S/c1-41(2)21-8-7-14-34(41)33-23-37-32(24-38(33)46)30-12-4-6-16-36(30)45(37)29-11-9-10-28(22-29)40-43-35-15-5-3-13-31(35)39(44-40)27-19-17-26(25-42)18-20-27/h3-24,34,46H,1-2H3. The van der Waals surface area contributed by atoms with Crippen LogP contribution in [-0.4, -0.2) is 14.5 Å². The van der Waals surface area contributed by atoms with E-state index >= 15 is 0 Å². The molecule has 0 fully saturated rings. The lowest BCUT2D eigenvalue weighted by Crippen LogP contribution is -2.20. The average Bonchev–Trinajstić information content (AvgIpc) is 3.40. The van der Waals surface area contributed by atoms with E-state index in [1.54, 1.807) is 0 Å². The predicted octanol–water partition coefficient (Wildman–Crippen LogP) is 10.5. The Kier molecular flexibility index (Phi) is 6.63. The van der Waals surface area contributed by atoms with E-state index < -0.39 is 0 Å². The third-order valence-corrected chi connectivity index (χ3v) is 9.54. The van der Waals surface area contributed by atoms with Crippen LogP contribution in [0.2, 0.25) is 0 Å². The van der Waals surface area contributed by atoms with E-state index in [2.05, 4.69) is 109 Å². The summed E-state index contributed by atoms with van der Waals surface area (Å²) in [4.78, 5) is 11.1. The Balaban J connectivity index is 1.33. The predicted molar refractivity (Wildman–Crippen MR) is 192 cm³/mol.